The molecule has 30 heavy (non-hydrogen) atoms. The summed E-state index contributed by atoms with van der Waals surface area (Å²) in [5.41, 5.74) is 0.478. The third kappa shape index (κ3) is 5.34. The van der Waals surface area contributed by atoms with Gasteiger partial charge in [0.1, 0.15) is 10.6 Å². The first-order valence-electron chi connectivity index (χ1n) is 11.1. The van der Waals surface area contributed by atoms with E-state index >= 15 is 0 Å². The van der Waals surface area contributed by atoms with Crippen LogP contribution in [0.4, 0.5) is 5.69 Å². The predicted molar refractivity (Wildman–Crippen MR) is 118 cm³/mol. The second-order valence-corrected chi connectivity index (χ2v) is 10.5. The number of carbonyl (C=O) groups excluding carboxylic acids is 1. The highest BCUT2D eigenvalue weighted by Gasteiger charge is 2.30. The fourth-order valence-electron chi connectivity index (χ4n) is 4.54. The second kappa shape index (κ2) is 10.1. The van der Waals surface area contributed by atoms with E-state index in [-0.39, 0.29) is 16.8 Å². The number of hydrogen-bond donors (Lipinski definition) is 1. The molecular weight excluding hydrogens is 402 g/mol. The van der Waals surface area contributed by atoms with Gasteiger partial charge in [0.25, 0.3) is 0 Å². The van der Waals surface area contributed by atoms with E-state index in [1.165, 1.54) is 30.3 Å². The first-order valence-corrected chi connectivity index (χ1v) is 12.5. The van der Waals surface area contributed by atoms with Crippen molar-refractivity contribution >= 4 is 21.6 Å². The number of sulfonamides is 1. The molecule has 1 amide bonds. The van der Waals surface area contributed by atoms with Gasteiger partial charge in [0.15, 0.2) is 0 Å². The Morgan fingerprint density at radius 3 is 2.43 bits per heavy atom. The van der Waals surface area contributed by atoms with Gasteiger partial charge in [-0.25, -0.2) is 8.42 Å². The zero-order chi connectivity index (χ0) is 21.7. The Morgan fingerprint density at radius 1 is 1.17 bits per heavy atom. The molecule has 7 nitrogen and oxygen atoms in total. The molecule has 1 saturated carbocycles. The summed E-state index contributed by atoms with van der Waals surface area (Å²) in [5.74, 6) is 0.176. The average Bonchev–Trinajstić information content (AvgIpc) is 3.27. The SMILES string of the molecule is COc1ccc(NC(=O)CN(C(C)C)C2CCCC2)cc1S(=O)(=O)N1CCCCC1. The monoisotopic (exact) mass is 437 g/mol. The Bertz CT molecular complexity index is 829. The number of piperidine rings is 1. The molecule has 0 aromatic heterocycles. The van der Waals surface area contributed by atoms with Crippen LogP contribution in [0, 0.1) is 0 Å². The number of hydrogen-bond acceptors (Lipinski definition) is 5. The number of rotatable bonds is 8. The zero-order valence-corrected chi connectivity index (χ0v) is 19.2. The molecule has 3 rings (SSSR count). The second-order valence-electron chi connectivity index (χ2n) is 8.58. The molecular formula is C22H35N3O4S. The minimum absolute atomic E-state index is 0.112. The Labute approximate surface area is 180 Å². The molecule has 0 bridgehead atoms. The van der Waals surface area contributed by atoms with Crippen LogP contribution >= 0.6 is 0 Å². The number of ether oxygens (including phenoxy) is 1. The maximum absolute atomic E-state index is 13.2. The van der Waals surface area contributed by atoms with Gasteiger partial charge >= 0.3 is 0 Å². The summed E-state index contributed by atoms with van der Waals surface area (Å²) >= 11 is 0. The van der Waals surface area contributed by atoms with Gasteiger partial charge < -0.3 is 10.1 Å². The van der Waals surface area contributed by atoms with Crippen LogP contribution in [0.15, 0.2) is 23.1 Å². The number of carbonyl (C=O) groups is 1. The minimum atomic E-state index is -3.67. The van der Waals surface area contributed by atoms with Crippen LogP contribution in [0.2, 0.25) is 0 Å². The third-order valence-electron chi connectivity index (χ3n) is 6.16. The molecule has 0 atom stereocenters. The molecule has 1 aromatic rings. The van der Waals surface area contributed by atoms with Crippen molar-refractivity contribution in [2.24, 2.45) is 0 Å². The Morgan fingerprint density at radius 2 is 1.83 bits per heavy atom. The van der Waals surface area contributed by atoms with E-state index in [4.69, 9.17) is 4.74 Å². The number of nitrogens with zero attached hydrogens (tertiary/aromatic N) is 2. The first kappa shape index (κ1) is 23.0. The van der Waals surface area contributed by atoms with Crippen molar-refractivity contribution in [3.8, 4) is 5.75 Å². The van der Waals surface area contributed by atoms with Gasteiger partial charge in [-0.3, -0.25) is 9.69 Å². The molecule has 1 aliphatic heterocycles. The lowest BCUT2D eigenvalue weighted by atomic mass is 10.1. The van der Waals surface area contributed by atoms with Crippen molar-refractivity contribution in [2.75, 3.05) is 32.1 Å². The highest BCUT2D eigenvalue weighted by molar-refractivity contribution is 7.89. The molecule has 1 saturated heterocycles. The van der Waals surface area contributed by atoms with Crippen molar-refractivity contribution in [1.29, 1.82) is 0 Å². The van der Waals surface area contributed by atoms with Gasteiger partial charge in [-0.15, -0.1) is 0 Å². The summed E-state index contributed by atoms with van der Waals surface area (Å²) in [4.78, 5) is 15.1. The van der Waals surface area contributed by atoms with Gasteiger partial charge in [0.05, 0.1) is 13.7 Å². The van der Waals surface area contributed by atoms with Crippen molar-refractivity contribution in [3.05, 3.63) is 18.2 Å². The highest BCUT2D eigenvalue weighted by atomic mass is 32.2. The Hall–Kier alpha value is -1.64. The van der Waals surface area contributed by atoms with E-state index in [9.17, 15) is 13.2 Å². The lowest BCUT2D eigenvalue weighted by Gasteiger charge is -2.32. The van der Waals surface area contributed by atoms with Crippen LogP contribution < -0.4 is 10.1 Å². The van der Waals surface area contributed by atoms with Crippen LogP contribution in [0.1, 0.15) is 58.8 Å². The fraction of sp³-hybridized carbons (Fsp3) is 0.682. The predicted octanol–water partition coefficient (Wildman–Crippen LogP) is 3.46. The molecule has 168 valence electrons. The minimum Gasteiger partial charge on any atom is -0.495 e. The molecule has 0 unspecified atom stereocenters. The average molecular weight is 438 g/mol. The molecule has 2 aliphatic rings. The van der Waals surface area contributed by atoms with Crippen molar-refractivity contribution < 1.29 is 17.9 Å². The van der Waals surface area contributed by atoms with E-state index in [2.05, 4.69) is 24.1 Å². The highest BCUT2D eigenvalue weighted by Crippen LogP contribution is 2.31. The summed E-state index contributed by atoms with van der Waals surface area (Å²) in [7, 11) is -2.20. The Balaban J connectivity index is 1.76. The number of benzene rings is 1. The van der Waals surface area contributed by atoms with Crippen LogP contribution in [0.5, 0.6) is 5.75 Å². The van der Waals surface area contributed by atoms with Gasteiger partial charge in [-0.05, 0) is 57.7 Å². The van der Waals surface area contributed by atoms with Crippen LogP contribution in [0.25, 0.3) is 0 Å². The molecule has 0 radical (unpaired) electrons. The quantitative estimate of drug-likeness (QED) is 0.674. The summed E-state index contributed by atoms with van der Waals surface area (Å²) < 4.78 is 33.2. The normalized spacial score (nSPS) is 18.8. The number of methoxy groups -OCH3 is 1. The van der Waals surface area contributed by atoms with Crippen molar-refractivity contribution in [3.63, 3.8) is 0 Å². The van der Waals surface area contributed by atoms with Gasteiger partial charge in [-0.2, -0.15) is 4.31 Å². The van der Waals surface area contributed by atoms with Crippen molar-refractivity contribution in [1.82, 2.24) is 9.21 Å². The van der Waals surface area contributed by atoms with Gasteiger partial charge in [-0.1, -0.05) is 19.3 Å². The molecule has 1 aliphatic carbocycles. The molecule has 0 spiro atoms. The summed E-state index contributed by atoms with van der Waals surface area (Å²) in [6.07, 6.45) is 7.47. The van der Waals surface area contributed by atoms with Gasteiger partial charge in [0, 0.05) is 30.9 Å². The maximum Gasteiger partial charge on any atom is 0.246 e. The summed E-state index contributed by atoms with van der Waals surface area (Å²) in [6.45, 7) is 5.58. The van der Waals surface area contributed by atoms with E-state index < -0.39 is 10.0 Å². The fourth-order valence-corrected chi connectivity index (χ4v) is 6.23. The number of anilines is 1. The maximum atomic E-state index is 13.2. The number of amides is 1. The Kier molecular flexibility index (Phi) is 7.76. The smallest absolute Gasteiger partial charge is 0.246 e. The topological polar surface area (TPSA) is 79.0 Å². The molecule has 2 fully saturated rings. The first-order chi connectivity index (χ1) is 14.3. The van der Waals surface area contributed by atoms with E-state index in [0.717, 1.165) is 32.1 Å². The van der Waals surface area contributed by atoms with Crippen LogP contribution in [-0.2, 0) is 14.8 Å². The molecule has 1 aromatic carbocycles. The summed E-state index contributed by atoms with van der Waals surface area (Å²) in [6, 6.07) is 5.56. The standard InChI is InChI=1S/C22H35N3O4S/c1-17(2)25(19-9-5-6-10-19)16-22(26)23-18-11-12-20(29-3)21(15-18)30(27,28)24-13-7-4-8-14-24/h11-12,15,17,19H,4-10,13-14,16H2,1-3H3,(H,23,26). The van der Waals surface area contributed by atoms with Crippen LogP contribution in [-0.4, -0.2) is 62.4 Å². The lowest BCUT2D eigenvalue weighted by Crippen LogP contribution is -2.43. The zero-order valence-electron chi connectivity index (χ0n) is 18.4. The van der Waals surface area contributed by atoms with Gasteiger partial charge in [0.2, 0.25) is 15.9 Å². The van der Waals surface area contributed by atoms with Crippen molar-refractivity contribution in [2.45, 2.75) is 75.8 Å². The summed E-state index contributed by atoms with van der Waals surface area (Å²) in [5, 5.41) is 2.90. The molecule has 1 heterocycles. The lowest BCUT2D eigenvalue weighted by molar-refractivity contribution is -0.118. The molecule has 8 heteroatoms. The van der Waals surface area contributed by atoms with E-state index in [0.29, 0.717) is 37.1 Å². The number of nitrogens with one attached hydrogen (secondary N) is 1. The van der Waals surface area contributed by atoms with E-state index in [1.54, 1.807) is 12.1 Å². The third-order valence-corrected chi connectivity index (χ3v) is 8.08. The van der Waals surface area contributed by atoms with Crippen LogP contribution in [0.3, 0.4) is 0 Å². The molecule has 1 N–H and O–H groups in total. The van der Waals surface area contributed by atoms with E-state index in [1.807, 2.05) is 0 Å². The largest absolute Gasteiger partial charge is 0.495 e.